The Labute approximate surface area is 211 Å². The van der Waals surface area contributed by atoms with E-state index in [0.717, 1.165) is 0 Å². The molecule has 0 saturated heterocycles. The first-order valence-corrected chi connectivity index (χ1v) is 12.9. The fraction of sp³-hybridized carbons (Fsp3) is 0.250. The molecule has 11 heteroatoms. The Morgan fingerprint density at radius 2 is 0.963 bits per heavy atom. The van der Waals surface area contributed by atoms with Crippen LogP contribution in [0.3, 0.4) is 0 Å². The van der Waals surface area contributed by atoms with Gasteiger partial charge in [0.25, 0.3) is 0 Å². The van der Waals surface area contributed by atoms with E-state index >= 15 is 0 Å². The van der Waals surface area contributed by atoms with Crippen molar-refractivity contribution in [3.63, 3.8) is 0 Å². The van der Waals surface area contributed by atoms with Crippen LogP contribution in [0.4, 0.5) is 0 Å². The molecule has 0 radical (unpaired) electrons. The van der Waals surface area contributed by atoms with Crippen molar-refractivity contribution in [2.24, 2.45) is 0 Å². The Morgan fingerprint density at radius 1 is 0.630 bits per heavy atom. The number of rotatable bonds is 6. The molecule has 0 N–H and O–H groups in total. The van der Waals surface area contributed by atoms with Crippen LogP contribution in [0.1, 0.15) is 13.8 Å². The minimum atomic E-state index is -0.190. The van der Waals surface area contributed by atoms with E-state index in [1.54, 1.807) is 12.1 Å². The maximum Gasteiger partial charge on any atom is 0.0808 e. The molecule has 2 aromatic rings. The van der Waals surface area contributed by atoms with Gasteiger partial charge in [0, 0.05) is 9.79 Å². The van der Waals surface area contributed by atoms with Crippen LogP contribution in [0.15, 0.2) is 31.7 Å². The topological polar surface area (TPSA) is 0 Å². The lowest BCUT2D eigenvalue weighted by Gasteiger charge is -2.16. The number of hydrogen-bond acceptors (Lipinski definition) is 3. The van der Waals surface area contributed by atoms with E-state index in [4.69, 9.17) is 92.8 Å². The highest BCUT2D eigenvalue weighted by molar-refractivity contribution is 8.01. The van der Waals surface area contributed by atoms with E-state index < -0.39 is 0 Å². The van der Waals surface area contributed by atoms with E-state index in [0.29, 0.717) is 49.7 Å². The minimum absolute atomic E-state index is 0.190. The third-order valence-electron chi connectivity index (χ3n) is 2.95. The summed E-state index contributed by atoms with van der Waals surface area (Å²) in [6, 6.07) is 3.43. The average molecular weight is 582 g/mol. The molecule has 0 aromatic heterocycles. The van der Waals surface area contributed by atoms with E-state index in [-0.39, 0.29) is 9.42 Å². The van der Waals surface area contributed by atoms with Crippen LogP contribution in [0.5, 0.6) is 0 Å². The molecule has 0 aliphatic carbocycles. The van der Waals surface area contributed by atoms with Crippen molar-refractivity contribution >= 4 is 128 Å². The van der Waals surface area contributed by atoms with Gasteiger partial charge in [-0.2, -0.15) is 0 Å². The number of hydrogen-bond donors (Lipinski definition) is 0. The number of alkyl halides is 2. The molecule has 2 atom stereocenters. The van der Waals surface area contributed by atoms with Gasteiger partial charge in [-0.25, -0.2) is 0 Å². The van der Waals surface area contributed by atoms with Crippen LogP contribution in [0, 0.1) is 0 Å². The van der Waals surface area contributed by atoms with Gasteiger partial charge in [-0.15, -0.1) is 46.7 Å². The van der Waals surface area contributed by atoms with Crippen LogP contribution < -0.4 is 0 Å². The molecule has 2 rings (SSSR count). The number of halogens is 8. The van der Waals surface area contributed by atoms with Crippen molar-refractivity contribution in [1.29, 1.82) is 0 Å². The first-order valence-electron chi connectivity index (χ1n) is 7.17. The quantitative estimate of drug-likeness (QED) is 0.189. The second-order valence-electron chi connectivity index (χ2n) is 5.05. The summed E-state index contributed by atoms with van der Waals surface area (Å²) in [6.07, 6.45) is 0. The normalized spacial score (nSPS) is 13.7. The first-order chi connectivity index (χ1) is 12.5. The molecule has 0 amide bonds. The third-order valence-corrected chi connectivity index (χ3v) is 9.54. The maximum atomic E-state index is 6.45. The summed E-state index contributed by atoms with van der Waals surface area (Å²) < 4.78 is -0.379. The minimum Gasteiger partial charge on any atom is -0.111 e. The van der Waals surface area contributed by atoms with Crippen molar-refractivity contribution < 1.29 is 0 Å². The molecular formula is C16H10Cl8S3. The molecule has 27 heavy (non-hydrogen) atoms. The smallest absolute Gasteiger partial charge is 0.0808 e. The molecule has 148 valence electrons. The molecule has 2 unspecified atom stereocenters. The Kier molecular flexibility index (Phi) is 10.1. The van der Waals surface area contributed by atoms with Crippen molar-refractivity contribution in [3.8, 4) is 0 Å². The zero-order valence-corrected chi connectivity index (χ0v) is 22.1. The van der Waals surface area contributed by atoms with E-state index in [1.165, 1.54) is 35.3 Å². The molecule has 0 aliphatic rings. The lowest BCUT2D eigenvalue weighted by Crippen LogP contribution is -1.90. The summed E-state index contributed by atoms with van der Waals surface area (Å²) in [5.41, 5.74) is 0. The van der Waals surface area contributed by atoms with E-state index in [9.17, 15) is 0 Å². The zero-order chi connectivity index (χ0) is 20.5. The molecule has 0 nitrogen and oxygen atoms in total. The molecule has 0 saturated carbocycles. The second-order valence-corrected chi connectivity index (χ2v) is 13.0. The second kappa shape index (κ2) is 10.9. The fourth-order valence-corrected chi connectivity index (χ4v) is 7.18. The van der Waals surface area contributed by atoms with Crippen LogP contribution >= 0.6 is 128 Å². The van der Waals surface area contributed by atoms with Crippen molar-refractivity contribution in [2.75, 3.05) is 0 Å². The molecular weight excluding hydrogens is 572 g/mol. The summed E-state index contributed by atoms with van der Waals surface area (Å²) in [7, 11) is 0. The van der Waals surface area contributed by atoms with E-state index in [1.807, 2.05) is 13.8 Å². The van der Waals surface area contributed by atoms with Gasteiger partial charge < -0.3 is 0 Å². The molecule has 0 spiro atoms. The van der Waals surface area contributed by atoms with Crippen LogP contribution in [-0.4, -0.2) is 9.42 Å². The molecule has 0 heterocycles. The molecule has 0 fully saturated rings. The van der Waals surface area contributed by atoms with Gasteiger partial charge in [-0.05, 0) is 26.0 Å². The van der Waals surface area contributed by atoms with Gasteiger partial charge in [0.2, 0.25) is 0 Å². The highest BCUT2D eigenvalue weighted by Gasteiger charge is 2.22. The summed E-state index contributed by atoms with van der Waals surface area (Å²) in [4.78, 5) is 2.44. The fourth-order valence-electron chi connectivity index (χ4n) is 1.92. The lowest BCUT2D eigenvalue weighted by atomic mass is 10.3. The maximum absolute atomic E-state index is 6.45. The predicted octanol–water partition coefficient (Wildman–Crippen LogP) is 11.1. The molecule has 2 aromatic carbocycles. The summed E-state index contributed by atoms with van der Waals surface area (Å²) >= 11 is 54.4. The van der Waals surface area contributed by atoms with Crippen LogP contribution in [0.25, 0.3) is 0 Å². The van der Waals surface area contributed by atoms with Crippen LogP contribution in [-0.2, 0) is 0 Å². The van der Waals surface area contributed by atoms with Crippen LogP contribution in [0.2, 0.25) is 30.1 Å². The third kappa shape index (κ3) is 6.40. The van der Waals surface area contributed by atoms with E-state index in [2.05, 4.69) is 0 Å². The summed E-state index contributed by atoms with van der Waals surface area (Å²) in [5.74, 6) is 0. The van der Waals surface area contributed by atoms with Crippen molar-refractivity contribution in [2.45, 2.75) is 42.8 Å². The van der Waals surface area contributed by atoms with Gasteiger partial charge in [0.05, 0.1) is 49.3 Å². The van der Waals surface area contributed by atoms with Gasteiger partial charge in [0.15, 0.2) is 0 Å². The van der Waals surface area contributed by atoms with Gasteiger partial charge >= 0.3 is 0 Å². The summed E-state index contributed by atoms with van der Waals surface area (Å²) in [5, 5.41) is 2.14. The predicted molar refractivity (Wildman–Crippen MR) is 129 cm³/mol. The number of benzene rings is 2. The number of thioether (sulfide) groups is 2. The van der Waals surface area contributed by atoms with Gasteiger partial charge in [0.1, 0.15) is 0 Å². The monoisotopic (exact) mass is 578 g/mol. The molecule has 0 bridgehead atoms. The zero-order valence-electron chi connectivity index (χ0n) is 13.6. The van der Waals surface area contributed by atoms with Gasteiger partial charge in [-0.1, -0.05) is 81.4 Å². The Bertz CT molecular complexity index is 785. The molecule has 0 aliphatic heterocycles. The first kappa shape index (κ1) is 25.1. The SMILES string of the molecule is CC(Cl)Sc1cc(Cl)c(Sc2c(Cl)cc(SC(C)Cl)c(Cl)c2Cl)c(Cl)c1Cl. The standard InChI is InChI=1S/C16H10Cl8S3/c1-5(17)25-9-3-7(19)15(13(23)11(9)21)27-16-8(20)4-10(26-6(2)18)12(22)14(16)24/h3-6H,1-2H3. The Balaban J connectivity index is 2.49. The largest absolute Gasteiger partial charge is 0.111 e. The highest BCUT2D eigenvalue weighted by Crippen LogP contribution is 2.52. The van der Waals surface area contributed by atoms with Crippen molar-refractivity contribution in [1.82, 2.24) is 0 Å². The summed E-state index contributed by atoms with van der Waals surface area (Å²) in [6.45, 7) is 3.66. The lowest BCUT2D eigenvalue weighted by molar-refractivity contribution is 1.30. The Morgan fingerprint density at radius 3 is 1.26 bits per heavy atom. The highest BCUT2D eigenvalue weighted by atomic mass is 35.5. The van der Waals surface area contributed by atoms with Crippen molar-refractivity contribution in [3.05, 3.63) is 42.3 Å². The average Bonchev–Trinajstić information content (AvgIpc) is 2.55. The Hall–Kier alpha value is 1.81. The van der Waals surface area contributed by atoms with Gasteiger partial charge in [-0.3, -0.25) is 0 Å².